The number of amides is 7. The van der Waals surface area contributed by atoms with Crippen LogP contribution in [0.5, 0.6) is 5.75 Å². The van der Waals surface area contributed by atoms with Crippen molar-refractivity contribution in [1.82, 2.24) is 41.5 Å². The summed E-state index contributed by atoms with van der Waals surface area (Å²) in [4.78, 5) is 115. The molecule has 1 heterocycles. The minimum Gasteiger partial charge on any atom is -0.508 e. The first kappa shape index (κ1) is 53.9. The van der Waals surface area contributed by atoms with Gasteiger partial charge in [0, 0.05) is 31.3 Å². The first-order chi connectivity index (χ1) is 31.2. The number of phenolic OH excluding ortho intramolecular Hbond substituents is 1. The number of H-pyrrole nitrogens is 1. The van der Waals surface area contributed by atoms with Crippen LogP contribution in [0.2, 0.25) is 0 Å². The van der Waals surface area contributed by atoms with Gasteiger partial charge in [0.15, 0.2) is 0 Å². The third kappa shape index (κ3) is 18.2. The maximum absolute atomic E-state index is 14.4. The number of imidazole rings is 1. The van der Waals surface area contributed by atoms with Crippen molar-refractivity contribution in [2.24, 2.45) is 16.9 Å². The lowest BCUT2D eigenvalue weighted by molar-refractivity contribution is -0.144. The highest BCUT2D eigenvalue weighted by Crippen LogP contribution is 2.22. The van der Waals surface area contributed by atoms with E-state index in [1.165, 1.54) is 41.3 Å². The maximum Gasteiger partial charge on any atom is 0.305 e. The van der Waals surface area contributed by atoms with E-state index in [0.29, 0.717) is 35.4 Å². The van der Waals surface area contributed by atoms with E-state index in [4.69, 9.17) is 11.5 Å². The van der Waals surface area contributed by atoms with Crippen LogP contribution < -0.4 is 38.1 Å². The lowest BCUT2D eigenvalue weighted by atomic mass is 9.85. The molecule has 0 fully saturated rings. The van der Waals surface area contributed by atoms with Crippen molar-refractivity contribution in [3.05, 3.63) is 83.9 Å². The molecule has 3 rings (SSSR count). The molecule has 12 N–H and O–H groups in total. The second-order valence-corrected chi connectivity index (χ2v) is 17.9. The average molecular weight is 937 g/mol. The lowest BCUT2D eigenvalue weighted by Gasteiger charge is -2.36. The molecule has 0 aliphatic heterocycles. The number of nitrogens with two attached hydrogens (primary N) is 2. The van der Waals surface area contributed by atoms with Crippen LogP contribution in [0, 0.1) is 5.41 Å². The molecule has 0 radical (unpaired) electrons. The summed E-state index contributed by atoms with van der Waals surface area (Å²) >= 11 is 1.45. The van der Waals surface area contributed by atoms with Gasteiger partial charge in [-0.3, -0.25) is 38.4 Å². The summed E-state index contributed by atoms with van der Waals surface area (Å²) in [5.74, 6) is -6.22. The number of hydrogen-bond acceptors (Lipinski definition) is 12. The quantitative estimate of drug-likeness (QED) is 0.0492. The van der Waals surface area contributed by atoms with Gasteiger partial charge in [-0.2, -0.15) is 11.8 Å². The number of carbonyl (C=O) groups is 8. The lowest BCUT2D eigenvalue weighted by Crippen LogP contribution is -2.62. The van der Waals surface area contributed by atoms with Crippen molar-refractivity contribution in [2.45, 2.75) is 109 Å². The van der Waals surface area contributed by atoms with Gasteiger partial charge in [0.05, 0.1) is 25.3 Å². The van der Waals surface area contributed by atoms with Crippen molar-refractivity contribution < 1.29 is 48.6 Å². The monoisotopic (exact) mass is 936 g/mol. The largest absolute Gasteiger partial charge is 0.508 e. The Bertz CT molecular complexity index is 2080. The van der Waals surface area contributed by atoms with E-state index in [-0.39, 0.29) is 38.0 Å². The zero-order valence-electron chi connectivity index (χ0n) is 38.0. The molecule has 0 bridgehead atoms. The van der Waals surface area contributed by atoms with Gasteiger partial charge in [-0.15, -0.1) is 0 Å². The van der Waals surface area contributed by atoms with E-state index < -0.39 is 102 Å². The number of aliphatic carboxylic acids is 1. The molecule has 0 spiro atoms. The number of aromatic hydroxyl groups is 1. The fraction of sp³-hybridized carbons (Fsp3) is 0.489. The van der Waals surface area contributed by atoms with Crippen LogP contribution in [-0.4, -0.2) is 134 Å². The van der Waals surface area contributed by atoms with E-state index in [1.807, 2.05) is 13.2 Å². The number of hydrogen-bond donors (Lipinski definition) is 10. The third-order valence-electron chi connectivity index (χ3n) is 10.4. The Balaban J connectivity index is 1.92. The molecule has 3 aromatic rings. The smallest absolute Gasteiger partial charge is 0.305 e. The molecule has 66 heavy (non-hydrogen) atoms. The van der Waals surface area contributed by atoms with Crippen molar-refractivity contribution in [2.75, 3.05) is 25.1 Å². The van der Waals surface area contributed by atoms with E-state index >= 15 is 0 Å². The molecule has 7 amide bonds. The van der Waals surface area contributed by atoms with Gasteiger partial charge in [-0.25, -0.2) is 4.98 Å². The minimum absolute atomic E-state index is 0.0129. The standard InChI is InChI=1S/C45H64N10O10S/c1-6-7-18-55(25-36(57)50-33(39(47)60)23-37(58)59)44(65)38(45(2,3)4)54-43(64)35(22-29-24-48-26-49-29)53-42(63)34(21-27-11-9-8-10-12-27)52-41(62)32(17-19-66-5)51-40(61)31(46)20-28-13-15-30(56)16-14-28/h8-16,24,26,31-35,38,56H,6-7,17-23,25,46H2,1-5H3,(H2,47,60)(H,48,49)(H,50,57)(H,51,61)(H,52,62)(H,53,63)(H,54,64)(H,58,59)/t31-,32+,33-,34-,35-,38+/m0/s1. The Morgan fingerprint density at radius 3 is 1.94 bits per heavy atom. The molecular formula is C45H64N10O10S. The molecule has 1 aromatic heterocycles. The highest BCUT2D eigenvalue weighted by molar-refractivity contribution is 7.98. The molecule has 0 saturated heterocycles. The van der Waals surface area contributed by atoms with Gasteiger partial charge >= 0.3 is 5.97 Å². The van der Waals surface area contributed by atoms with Gasteiger partial charge in [-0.1, -0.05) is 76.6 Å². The van der Waals surface area contributed by atoms with Crippen molar-refractivity contribution >= 4 is 59.1 Å². The summed E-state index contributed by atoms with van der Waals surface area (Å²) in [5.41, 5.74) is 12.4. The molecular weight excluding hydrogens is 873 g/mol. The summed E-state index contributed by atoms with van der Waals surface area (Å²) in [6.07, 6.45) is 5.19. The molecule has 0 aliphatic rings. The molecule has 21 heteroatoms. The van der Waals surface area contributed by atoms with Crippen LogP contribution in [0.4, 0.5) is 0 Å². The van der Waals surface area contributed by atoms with Gasteiger partial charge < -0.3 is 58.1 Å². The highest BCUT2D eigenvalue weighted by Gasteiger charge is 2.39. The van der Waals surface area contributed by atoms with Crippen LogP contribution in [-0.2, 0) is 57.6 Å². The summed E-state index contributed by atoms with van der Waals surface area (Å²) < 4.78 is 0. The van der Waals surface area contributed by atoms with Gasteiger partial charge in [0.1, 0.15) is 36.0 Å². The number of benzene rings is 2. The number of nitrogens with zero attached hydrogens (tertiary/aromatic N) is 2. The van der Waals surface area contributed by atoms with E-state index in [2.05, 4.69) is 36.6 Å². The number of carbonyl (C=O) groups excluding carboxylic acids is 7. The SMILES string of the molecule is CCCCN(CC(=O)N[C@@H](CC(=O)O)C(N)=O)C(=O)[C@@H](NC(=O)[C@H](Cc1cnc[nH]1)NC(=O)[C@H](Cc1ccccc1)NC(=O)[C@@H](CCSC)NC(=O)[C@@H](N)Cc1ccc(O)cc1)C(C)(C)C. The van der Waals surface area contributed by atoms with Crippen LogP contribution in [0.25, 0.3) is 0 Å². The van der Waals surface area contributed by atoms with Crippen LogP contribution in [0.3, 0.4) is 0 Å². The number of thioether (sulfide) groups is 1. The Kier molecular flexibility index (Phi) is 21.6. The van der Waals surface area contributed by atoms with Crippen molar-refractivity contribution in [1.29, 1.82) is 0 Å². The summed E-state index contributed by atoms with van der Waals surface area (Å²) in [7, 11) is 0. The number of carboxylic acid groups (broad SMARTS) is 1. The van der Waals surface area contributed by atoms with E-state index in [0.717, 1.165) is 0 Å². The number of unbranched alkanes of at least 4 members (excludes halogenated alkanes) is 1. The van der Waals surface area contributed by atoms with E-state index in [1.54, 1.807) is 63.2 Å². The predicted molar refractivity (Wildman–Crippen MR) is 247 cm³/mol. The first-order valence-corrected chi connectivity index (χ1v) is 23.0. The number of phenols is 1. The normalized spacial score (nSPS) is 14.0. The van der Waals surface area contributed by atoms with Crippen molar-refractivity contribution in [3.63, 3.8) is 0 Å². The maximum atomic E-state index is 14.4. The van der Waals surface area contributed by atoms with Crippen LogP contribution in [0.15, 0.2) is 67.1 Å². The van der Waals surface area contributed by atoms with Crippen molar-refractivity contribution in [3.8, 4) is 5.75 Å². The van der Waals surface area contributed by atoms with Crippen LogP contribution in [0.1, 0.15) is 70.2 Å². The summed E-state index contributed by atoms with van der Waals surface area (Å²) in [6.45, 7) is 6.46. The molecule has 2 aromatic carbocycles. The Morgan fingerprint density at radius 1 is 0.788 bits per heavy atom. The fourth-order valence-corrected chi connectivity index (χ4v) is 7.16. The van der Waals surface area contributed by atoms with Crippen LogP contribution >= 0.6 is 11.8 Å². The third-order valence-corrected chi connectivity index (χ3v) is 11.0. The number of aromatic nitrogens is 2. The Labute approximate surface area is 388 Å². The zero-order valence-corrected chi connectivity index (χ0v) is 38.8. The van der Waals surface area contributed by atoms with Gasteiger partial charge in [0.25, 0.3) is 0 Å². The molecule has 20 nitrogen and oxygen atoms in total. The number of nitrogens with one attached hydrogen (secondary N) is 6. The van der Waals surface area contributed by atoms with Gasteiger partial charge in [-0.05, 0) is 59.9 Å². The molecule has 0 unspecified atom stereocenters. The minimum atomic E-state index is -1.53. The predicted octanol–water partition coefficient (Wildman–Crippen LogP) is 0.282. The number of aromatic amines is 1. The molecule has 0 saturated carbocycles. The zero-order chi connectivity index (χ0) is 49.0. The molecule has 6 atom stereocenters. The summed E-state index contributed by atoms with van der Waals surface area (Å²) in [6, 6.07) is 7.50. The second-order valence-electron chi connectivity index (χ2n) is 17.0. The fourth-order valence-electron chi connectivity index (χ4n) is 6.69. The summed E-state index contributed by atoms with van der Waals surface area (Å²) in [5, 5.41) is 32.2. The first-order valence-electron chi connectivity index (χ1n) is 21.6. The number of rotatable bonds is 27. The number of primary amides is 1. The highest BCUT2D eigenvalue weighted by atomic mass is 32.2. The molecule has 0 aliphatic carbocycles. The topological polar surface area (TPSA) is 321 Å². The van der Waals surface area contributed by atoms with E-state index in [9.17, 15) is 48.6 Å². The number of carboxylic acids is 1. The Morgan fingerprint density at radius 2 is 1.38 bits per heavy atom. The average Bonchev–Trinajstić information content (AvgIpc) is 3.78. The molecule has 360 valence electrons. The van der Waals surface area contributed by atoms with Gasteiger partial charge in [0.2, 0.25) is 41.4 Å². The Hall–Kier alpha value is -6.48. The second kappa shape index (κ2) is 26.5.